The smallest absolute Gasteiger partial charge is 0.145 e. The van der Waals surface area contributed by atoms with Crippen molar-refractivity contribution in [1.82, 2.24) is 0 Å². The van der Waals surface area contributed by atoms with E-state index >= 15 is 0 Å². The maximum atomic E-state index is 11.1. The van der Waals surface area contributed by atoms with Gasteiger partial charge in [-0.3, -0.25) is 14.6 Å². The number of para-hydroxylation sites is 1. The first-order valence-corrected chi connectivity index (χ1v) is 4.71. The Kier molecular flexibility index (Phi) is 3.92. The molecule has 3 heteroatoms. The van der Waals surface area contributed by atoms with Crippen LogP contribution in [0.2, 0.25) is 0 Å². The molecule has 0 heterocycles. The first-order chi connectivity index (χ1) is 7.11. The highest BCUT2D eigenvalue weighted by Crippen LogP contribution is 2.10. The number of ketones is 2. The van der Waals surface area contributed by atoms with Gasteiger partial charge in [0.25, 0.3) is 0 Å². The van der Waals surface area contributed by atoms with Crippen LogP contribution in [0.15, 0.2) is 35.3 Å². The molecule has 0 fully saturated rings. The maximum Gasteiger partial charge on any atom is 0.145 e. The molecule has 1 rings (SSSR count). The third kappa shape index (κ3) is 3.46. The summed E-state index contributed by atoms with van der Waals surface area (Å²) in [5, 5.41) is 0. The first kappa shape index (κ1) is 11.3. The van der Waals surface area contributed by atoms with Gasteiger partial charge in [0.1, 0.15) is 17.5 Å². The van der Waals surface area contributed by atoms with Crippen molar-refractivity contribution in [2.75, 3.05) is 0 Å². The van der Waals surface area contributed by atoms with E-state index in [4.69, 9.17) is 0 Å². The lowest BCUT2D eigenvalue weighted by Crippen LogP contribution is -2.20. The van der Waals surface area contributed by atoms with E-state index in [0.717, 1.165) is 5.69 Å². The van der Waals surface area contributed by atoms with Crippen LogP contribution in [-0.4, -0.2) is 17.8 Å². The van der Waals surface area contributed by atoms with Crippen molar-refractivity contribution in [3.8, 4) is 0 Å². The molecule has 0 aliphatic heterocycles. The average molecular weight is 203 g/mol. The van der Waals surface area contributed by atoms with Gasteiger partial charge < -0.3 is 0 Å². The molecule has 3 nitrogen and oxygen atoms in total. The Hall–Kier alpha value is -1.77. The van der Waals surface area contributed by atoms with Gasteiger partial charge in [0, 0.05) is 6.21 Å². The number of carbonyl (C=O) groups is 2. The van der Waals surface area contributed by atoms with Crippen molar-refractivity contribution in [3.63, 3.8) is 0 Å². The predicted molar refractivity (Wildman–Crippen MR) is 59.4 cm³/mol. The SMILES string of the molecule is CC(=O)C(C=Nc1ccccc1)C(C)=O. The molecule has 0 aromatic heterocycles. The maximum absolute atomic E-state index is 11.1. The zero-order chi connectivity index (χ0) is 11.3. The van der Waals surface area contributed by atoms with Crippen molar-refractivity contribution in [2.45, 2.75) is 13.8 Å². The molecule has 0 saturated carbocycles. The Morgan fingerprint density at radius 2 is 1.67 bits per heavy atom. The molecule has 0 amide bonds. The second-order valence-electron chi connectivity index (χ2n) is 3.31. The molecule has 78 valence electrons. The van der Waals surface area contributed by atoms with Gasteiger partial charge in [-0.05, 0) is 26.0 Å². The van der Waals surface area contributed by atoms with E-state index < -0.39 is 5.92 Å². The molecule has 0 aliphatic carbocycles. The molecular formula is C12H13NO2. The van der Waals surface area contributed by atoms with Gasteiger partial charge in [0.2, 0.25) is 0 Å². The Morgan fingerprint density at radius 3 is 2.13 bits per heavy atom. The predicted octanol–water partition coefficient (Wildman–Crippen LogP) is 2.18. The monoisotopic (exact) mass is 203 g/mol. The molecule has 0 spiro atoms. The average Bonchev–Trinajstić information content (AvgIpc) is 2.18. The lowest BCUT2D eigenvalue weighted by atomic mass is 10.0. The minimum absolute atomic E-state index is 0.179. The highest BCUT2D eigenvalue weighted by molar-refractivity contribution is 6.13. The molecular weight excluding hydrogens is 190 g/mol. The van der Waals surface area contributed by atoms with E-state index in [0.29, 0.717) is 0 Å². The van der Waals surface area contributed by atoms with E-state index in [-0.39, 0.29) is 11.6 Å². The summed E-state index contributed by atoms with van der Waals surface area (Å²) in [7, 11) is 0. The number of carbonyl (C=O) groups excluding carboxylic acids is 2. The Balaban J connectivity index is 2.79. The first-order valence-electron chi connectivity index (χ1n) is 4.71. The Morgan fingerprint density at radius 1 is 1.13 bits per heavy atom. The van der Waals surface area contributed by atoms with Crippen LogP contribution in [0.25, 0.3) is 0 Å². The van der Waals surface area contributed by atoms with Crippen LogP contribution < -0.4 is 0 Å². The fourth-order valence-electron chi connectivity index (χ4n) is 1.17. The minimum Gasteiger partial charge on any atom is -0.299 e. The Labute approximate surface area is 88.8 Å². The molecule has 15 heavy (non-hydrogen) atoms. The van der Waals surface area contributed by atoms with Crippen LogP contribution in [0, 0.1) is 5.92 Å². The van der Waals surface area contributed by atoms with Crippen molar-refractivity contribution in [2.24, 2.45) is 10.9 Å². The number of rotatable bonds is 4. The second-order valence-corrected chi connectivity index (χ2v) is 3.31. The van der Waals surface area contributed by atoms with E-state index in [2.05, 4.69) is 4.99 Å². The van der Waals surface area contributed by atoms with Crippen LogP contribution in [-0.2, 0) is 9.59 Å². The van der Waals surface area contributed by atoms with Gasteiger partial charge in [-0.1, -0.05) is 18.2 Å². The van der Waals surface area contributed by atoms with Gasteiger partial charge in [0.05, 0.1) is 5.69 Å². The van der Waals surface area contributed by atoms with E-state index in [1.54, 1.807) is 0 Å². The number of Topliss-reactive ketones (excluding diaryl/α,β-unsaturated/α-hetero) is 2. The summed E-state index contributed by atoms with van der Waals surface area (Å²) in [6.07, 6.45) is 1.40. The topological polar surface area (TPSA) is 46.5 Å². The molecule has 0 radical (unpaired) electrons. The normalized spacial score (nSPS) is 10.9. The van der Waals surface area contributed by atoms with Crippen LogP contribution in [0.5, 0.6) is 0 Å². The number of hydrogen-bond donors (Lipinski definition) is 0. The second kappa shape index (κ2) is 5.20. The van der Waals surface area contributed by atoms with Crippen LogP contribution in [0.3, 0.4) is 0 Å². The molecule has 0 saturated heterocycles. The molecule has 0 atom stereocenters. The van der Waals surface area contributed by atoms with E-state index in [1.807, 2.05) is 30.3 Å². The van der Waals surface area contributed by atoms with Crippen LogP contribution in [0.4, 0.5) is 5.69 Å². The summed E-state index contributed by atoms with van der Waals surface area (Å²) in [4.78, 5) is 26.3. The van der Waals surface area contributed by atoms with Gasteiger partial charge in [0.15, 0.2) is 0 Å². The lowest BCUT2D eigenvalue weighted by Gasteiger charge is -2.02. The van der Waals surface area contributed by atoms with Crippen LogP contribution >= 0.6 is 0 Å². The van der Waals surface area contributed by atoms with Gasteiger partial charge in [-0.15, -0.1) is 0 Å². The van der Waals surface area contributed by atoms with E-state index in [9.17, 15) is 9.59 Å². The number of hydrogen-bond acceptors (Lipinski definition) is 3. The summed E-state index contributed by atoms with van der Waals surface area (Å²) in [6.45, 7) is 2.78. The van der Waals surface area contributed by atoms with Crippen molar-refractivity contribution in [3.05, 3.63) is 30.3 Å². The lowest BCUT2D eigenvalue weighted by molar-refractivity contribution is -0.127. The minimum atomic E-state index is -0.717. The van der Waals surface area contributed by atoms with E-state index in [1.165, 1.54) is 20.1 Å². The van der Waals surface area contributed by atoms with Gasteiger partial charge in [-0.2, -0.15) is 0 Å². The Bertz CT molecular complexity index is 368. The van der Waals surface area contributed by atoms with Crippen molar-refractivity contribution < 1.29 is 9.59 Å². The van der Waals surface area contributed by atoms with Gasteiger partial charge >= 0.3 is 0 Å². The number of aliphatic imine (C=N–C) groups is 1. The van der Waals surface area contributed by atoms with Crippen molar-refractivity contribution >= 4 is 23.5 Å². The quantitative estimate of drug-likeness (QED) is 0.556. The zero-order valence-corrected chi connectivity index (χ0v) is 8.81. The summed E-state index contributed by atoms with van der Waals surface area (Å²) in [5.74, 6) is -1.07. The fourth-order valence-corrected chi connectivity index (χ4v) is 1.17. The number of nitrogens with zero attached hydrogens (tertiary/aromatic N) is 1. The largest absolute Gasteiger partial charge is 0.299 e. The summed E-state index contributed by atoms with van der Waals surface area (Å²) in [6, 6.07) is 9.21. The number of benzene rings is 1. The fraction of sp³-hybridized carbons (Fsp3) is 0.250. The summed E-state index contributed by atoms with van der Waals surface area (Å²) < 4.78 is 0. The summed E-state index contributed by atoms with van der Waals surface area (Å²) in [5.41, 5.74) is 0.741. The molecule has 1 aromatic carbocycles. The standard InChI is InChI=1S/C12H13NO2/c1-9(14)12(10(2)15)8-13-11-6-4-3-5-7-11/h3-8,12H,1-2H3. The van der Waals surface area contributed by atoms with Crippen LogP contribution in [0.1, 0.15) is 13.8 Å². The van der Waals surface area contributed by atoms with Gasteiger partial charge in [-0.25, -0.2) is 0 Å². The third-order valence-electron chi connectivity index (χ3n) is 2.00. The molecule has 0 aliphatic rings. The highest BCUT2D eigenvalue weighted by atomic mass is 16.1. The molecule has 1 aromatic rings. The summed E-state index contributed by atoms with van der Waals surface area (Å²) >= 11 is 0. The molecule has 0 bridgehead atoms. The molecule has 0 N–H and O–H groups in total. The van der Waals surface area contributed by atoms with Crippen molar-refractivity contribution in [1.29, 1.82) is 0 Å². The zero-order valence-electron chi connectivity index (χ0n) is 8.81. The highest BCUT2D eigenvalue weighted by Gasteiger charge is 2.16. The third-order valence-corrected chi connectivity index (χ3v) is 2.00. The molecule has 0 unspecified atom stereocenters.